The van der Waals surface area contributed by atoms with Crippen LogP contribution in [0.15, 0.2) is 36.4 Å². The van der Waals surface area contributed by atoms with Gasteiger partial charge in [-0.25, -0.2) is 9.18 Å². The van der Waals surface area contributed by atoms with E-state index in [1.54, 1.807) is 0 Å². The van der Waals surface area contributed by atoms with E-state index in [4.69, 9.17) is 9.84 Å². The van der Waals surface area contributed by atoms with Crippen molar-refractivity contribution >= 4 is 11.7 Å². The van der Waals surface area contributed by atoms with Crippen LogP contribution in [0.1, 0.15) is 15.9 Å². The first kappa shape index (κ1) is 15.2. The minimum absolute atomic E-state index is 0.0404. The Labute approximate surface area is 123 Å². The zero-order valence-electron chi connectivity index (χ0n) is 11.0. The van der Waals surface area contributed by atoms with Gasteiger partial charge in [-0.05, 0) is 23.8 Å². The van der Waals surface area contributed by atoms with Crippen molar-refractivity contribution in [1.82, 2.24) is 0 Å². The predicted molar refractivity (Wildman–Crippen MR) is 72.5 cm³/mol. The number of carbonyl (C=O) groups is 1. The third kappa shape index (κ3) is 3.29. The molecule has 0 amide bonds. The lowest BCUT2D eigenvalue weighted by Gasteiger charge is -2.08. The minimum atomic E-state index is -1.52. The van der Waals surface area contributed by atoms with E-state index in [-0.39, 0.29) is 12.4 Å². The zero-order chi connectivity index (χ0) is 16.3. The highest BCUT2D eigenvalue weighted by molar-refractivity contribution is 5.93. The fourth-order valence-corrected chi connectivity index (χ4v) is 1.73. The smallest absolute Gasteiger partial charge is 0.339 e. The molecule has 114 valence electrons. The number of halogens is 1. The molecule has 0 atom stereocenters. The van der Waals surface area contributed by atoms with Gasteiger partial charge in [-0.1, -0.05) is 12.1 Å². The van der Waals surface area contributed by atoms with E-state index in [0.717, 1.165) is 12.1 Å². The molecule has 2 aromatic carbocycles. The van der Waals surface area contributed by atoms with Gasteiger partial charge < -0.3 is 14.9 Å². The van der Waals surface area contributed by atoms with Crippen molar-refractivity contribution in [3.05, 3.63) is 63.5 Å². The van der Waals surface area contributed by atoms with Crippen molar-refractivity contribution in [2.24, 2.45) is 0 Å². The van der Waals surface area contributed by atoms with E-state index in [1.807, 2.05) is 0 Å². The fraction of sp³-hybridized carbons (Fsp3) is 0.0714. The molecule has 0 heterocycles. The largest absolute Gasteiger partial charge is 0.501 e. The number of nitro groups is 1. The van der Waals surface area contributed by atoms with Crippen LogP contribution < -0.4 is 4.74 Å². The van der Waals surface area contributed by atoms with Crippen molar-refractivity contribution in [3.8, 4) is 11.5 Å². The van der Waals surface area contributed by atoms with Crippen LogP contribution in [0, 0.1) is 15.9 Å². The molecule has 0 saturated heterocycles. The van der Waals surface area contributed by atoms with Crippen LogP contribution in [0.4, 0.5) is 10.1 Å². The van der Waals surface area contributed by atoms with Gasteiger partial charge in [0.05, 0.1) is 11.0 Å². The molecule has 22 heavy (non-hydrogen) atoms. The Hall–Kier alpha value is -3.16. The van der Waals surface area contributed by atoms with Crippen molar-refractivity contribution in [2.45, 2.75) is 6.61 Å². The molecular weight excluding hydrogens is 297 g/mol. The van der Waals surface area contributed by atoms with E-state index in [1.165, 1.54) is 24.3 Å². The molecule has 0 fully saturated rings. The van der Waals surface area contributed by atoms with Gasteiger partial charge in [-0.15, -0.1) is 0 Å². The van der Waals surface area contributed by atoms with Gasteiger partial charge in [-0.3, -0.25) is 10.1 Å². The molecule has 0 radical (unpaired) electrons. The third-order valence-corrected chi connectivity index (χ3v) is 2.81. The summed E-state index contributed by atoms with van der Waals surface area (Å²) in [6.45, 7) is -0.0404. The number of hydrogen-bond donors (Lipinski definition) is 2. The van der Waals surface area contributed by atoms with Gasteiger partial charge in [0.25, 0.3) is 0 Å². The van der Waals surface area contributed by atoms with Crippen molar-refractivity contribution in [1.29, 1.82) is 0 Å². The Morgan fingerprint density at radius 3 is 2.45 bits per heavy atom. The van der Waals surface area contributed by atoms with E-state index >= 15 is 0 Å². The summed E-state index contributed by atoms with van der Waals surface area (Å²) in [7, 11) is 0. The molecule has 7 nitrogen and oxygen atoms in total. The van der Waals surface area contributed by atoms with E-state index in [2.05, 4.69) is 0 Å². The van der Waals surface area contributed by atoms with Crippen LogP contribution in [-0.2, 0) is 6.61 Å². The molecule has 0 unspecified atom stereocenters. The summed E-state index contributed by atoms with van der Waals surface area (Å²) >= 11 is 0. The quantitative estimate of drug-likeness (QED) is 0.649. The van der Waals surface area contributed by atoms with Gasteiger partial charge in [0.1, 0.15) is 23.7 Å². The highest BCUT2D eigenvalue weighted by Gasteiger charge is 2.23. The summed E-state index contributed by atoms with van der Waals surface area (Å²) in [5.74, 6) is -2.97. The average Bonchev–Trinajstić information content (AvgIpc) is 2.47. The first-order valence-corrected chi connectivity index (χ1v) is 6.00. The number of hydrogen-bond acceptors (Lipinski definition) is 5. The van der Waals surface area contributed by atoms with Crippen LogP contribution >= 0.6 is 0 Å². The van der Waals surface area contributed by atoms with Crippen LogP contribution in [-0.4, -0.2) is 21.1 Å². The number of nitro benzene ring substituents is 1. The second-order valence-corrected chi connectivity index (χ2v) is 4.32. The molecule has 0 aliphatic carbocycles. The molecule has 0 saturated carbocycles. The number of aromatic hydroxyl groups is 1. The SMILES string of the molecule is O=C(O)c1cc(OCc2ccc(F)cc2)cc([N+](=O)[O-])c1O. The van der Waals surface area contributed by atoms with Crippen LogP contribution in [0.2, 0.25) is 0 Å². The number of ether oxygens (including phenoxy) is 1. The van der Waals surface area contributed by atoms with Crippen LogP contribution in [0.3, 0.4) is 0 Å². The number of phenols is 1. The van der Waals surface area contributed by atoms with Gasteiger partial charge in [0.2, 0.25) is 5.75 Å². The standard InChI is InChI=1S/C14H10FNO6/c15-9-3-1-8(2-4-9)7-22-10-5-11(14(18)19)13(17)12(6-10)16(20)21/h1-6,17H,7H2,(H,18,19). The molecule has 0 aliphatic heterocycles. The fourth-order valence-electron chi connectivity index (χ4n) is 1.73. The van der Waals surface area contributed by atoms with Crippen LogP contribution in [0.5, 0.6) is 11.5 Å². The van der Waals surface area contributed by atoms with E-state index in [0.29, 0.717) is 5.56 Å². The molecule has 0 aliphatic rings. The van der Waals surface area contributed by atoms with E-state index < -0.39 is 33.7 Å². The Bertz CT molecular complexity index is 694. The molecule has 0 bridgehead atoms. The van der Waals surface area contributed by atoms with Gasteiger partial charge in [0, 0.05) is 0 Å². The zero-order valence-corrected chi connectivity index (χ0v) is 11.0. The number of carboxylic acid groups (broad SMARTS) is 1. The summed E-state index contributed by atoms with van der Waals surface area (Å²) in [5, 5.41) is 29.3. The summed E-state index contributed by atoms with van der Waals surface area (Å²) in [6.07, 6.45) is 0. The summed E-state index contributed by atoms with van der Waals surface area (Å²) in [5.41, 5.74) is -0.814. The summed E-state index contributed by atoms with van der Waals surface area (Å²) < 4.78 is 18.0. The highest BCUT2D eigenvalue weighted by Crippen LogP contribution is 2.34. The Morgan fingerprint density at radius 2 is 1.91 bits per heavy atom. The molecule has 2 N–H and O–H groups in total. The normalized spacial score (nSPS) is 10.2. The van der Waals surface area contributed by atoms with Gasteiger partial charge in [-0.2, -0.15) is 0 Å². The number of aromatic carboxylic acids is 1. The van der Waals surface area contributed by atoms with Crippen molar-refractivity contribution in [2.75, 3.05) is 0 Å². The van der Waals surface area contributed by atoms with Gasteiger partial charge >= 0.3 is 11.7 Å². The Kier molecular flexibility index (Phi) is 4.21. The van der Waals surface area contributed by atoms with Crippen LogP contribution in [0.25, 0.3) is 0 Å². The monoisotopic (exact) mass is 307 g/mol. The van der Waals surface area contributed by atoms with E-state index in [9.17, 15) is 24.4 Å². The molecule has 2 aromatic rings. The molecule has 0 aromatic heterocycles. The lowest BCUT2D eigenvalue weighted by Crippen LogP contribution is -2.02. The maximum absolute atomic E-state index is 12.8. The maximum Gasteiger partial charge on any atom is 0.339 e. The van der Waals surface area contributed by atoms with Crippen molar-refractivity contribution < 1.29 is 29.1 Å². The lowest BCUT2D eigenvalue weighted by atomic mass is 10.1. The first-order valence-electron chi connectivity index (χ1n) is 6.00. The number of nitrogens with zero attached hydrogens (tertiary/aromatic N) is 1. The Balaban J connectivity index is 2.28. The van der Waals surface area contributed by atoms with Gasteiger partial charge in [0.15, 0.2) is 0 Å². The minimum Gasteiger partial charge on any atom is -0.501 e. The number of rotatable bonds is 5. The topological polar surface area (TPSA) is 110 Å². The number of benzene rings is 2. The average molecular weight is 307 g/mol. The third-order valence-electron chi connectivity index (χ3n) is 2.81. The van der Waals surface area contributed by atoms with Crippen molar-refractivity contribution in [3.63, 3.8) is 0 Å². The number of carboxylic acids is 1. The highest BCUT2D eigenvalue weighted by atomic mass is 19.1. The summed E-state index contributed by atoms with van der Waals surface area (Å²) in [6, 6.07) is 7.27. The molecule has 8 heteroatoms. The molecule has 2 rings (SSSR count). The lowest BCUT2D eigenvalue weighted by molar-refractivity contribution is -0.386. The predicted octanol–water partition coefficient (Wildman–Crippen LogP) is 2.72. The molecular formula is C14H10FNO6. The second kappa shape index (κ2) is 6.08. The molecule has 0 spiro atoms. The summed E-state index contributed by atoms with van der Waals surface area (Å²) in [4.78, 5) is 20.9. The Morgan fingerprint density at radius 1 is 1.27 bits per heavy atom. The first-order chi connectivity index (χ1) is 10.4. The second-order valence-electron chi connectivity index (χ2n) is 4.32. The maximum atomic E-state index is 12.8.